The average Bonchev–Trinajstić information content (AvgIpc) is 2.66. The zero-order chi connectivity index (χ0) is 19.4. The van der Waals surface area contributed by atoms with E-state index >= 15 is 0 Å². The first-order chi connectivity index (χ1) is 12.8. The summed E-state index contributed by atoms with van der Waals surface area (Å²) in [7, 11) is 0. The molecule has 0 spiro atoms. The van der Waals surface area contributed by atoms with Crippen LogP contribution in [0.2, 0.25) is 0 Å². The molecule has 3 rings (SSSR count). The van der Waals surface area contributed by atoms with Crippen LogP contribution in [-0.4, -0.2) is 47.8 Å². The largest absolute Gasteiger partial charge is 0.506 e. The third kappa shape index (κ3) is 4.98. The minimum atomic E-state index is 0.145. The lowest BCUT2D eigenvalue weighted by Gasteiger charge is -2.36. The molecule has 1 heterocycles. The van der Waals surface area contributed by atoms with E-state index in [-0.39, 0.29) is 11.3 Å². The monoisotopic (exact) mass is 384 g/mol. The smallest absolute Gasteiger partial charge is 0.233 e. The molecular formula is C22H28N2O2S. The lowest BCUT2D eigenvalue weighted by Crippen LogP contribution is -2.49. The standard InChI is InChI=1S/C22H28N2O2S/c1-22(2,3)17-8-10-18(11-9-17)27-16-21(26)24-14-12-23(13-15-24)19-6-4-5-7-20(19)25/h4-11,25H,12-16H2,1-3H3. The molecule has 2 aromatic rings. The highest BCUT2D eigenvalue weighted by Gasteiger charge is 2.22. The van der Waals surface area contributed by atoms with Crippen LogP contribution in [0.5, 0.6) is 5.75 Å². The summed E-state index contributed by atoms with van der Waals surface area (Å²) in [5, 5.41) is 9.99. The maximum Gasteiger partial charge on any atom is 0.233 e. The van der Waals surface area contributed by atoms with E-state index in [1.54, 1.807) is 17.8 Å². The number of carbonyl (C=O) groups is 1. The lowest BCUT2D eigenvalue weighted by molar-refractivity contribution is -0.128. The fourth-order valence-corrected chi connectivity index (χ4v) is 4.02. The Balaban J connectivity index is 1.49. The zero-order valence-electron chi connectivity index (χ0n) is 16.3. The SMILES string of the molecule is CC(C)(C)c1ccc(SCC(=O)N2CCN(c3ccccc3O)CC2)cc1. The van der Waals surface area contributed by atoms with Gasteiger partial charge in [-0.2, -0.15) is 0 Å². The van der Waals surface area contributed by atoms with E-state index in [2.05, 4.69) is 49.9 Å². The van der Waals surface area contributed by atoms with E-state index in [1.165, 1.54) is 5.56 Å². The molecule has 0 aromatic heterocycles. The van der Waals surface area contributed by atoms with Crippen molar-refractivity contribution in [2.75, 3.05) is 36.8 Å². The average molecular weight is 385 g/mol. The molecule has 0 atom stereocenters. The number of nitrogens with zero attached hydrogens (tertiary/aromatic N) is 2. The number of phenolic OH excluding ortho intramolecular Hbond substituents is 1. The first-order valence-electron chi connectivity index (χ1n) is 9.38. The fourth-order valence-electron chi connectivity index (χ4n) is 3.22. The summed E-state index contributed by atoms with van der Waals surface area (Å²) >= 11 is 1.60. The van der Waals surface area contributed by atoms with Gasteiger partial charge >= 0.3 is 0 Å². The van der Waals surface area contributed by atoms with Crippen molar-refractivity contribution in [1.29, 1.82) is 0 Å². The fraction of sp³-hybridized carbons (Fsp3) is 0.409. The number of phenols is 1. The Labute approximate surface area is 166 Å². The van der Waals surface area contributed by atoms with E-state index in [1.807, 2.05) is 23.1 Å². The number of rotatable bonds is 4. The molecule has 1 amide bonds. The van der Waals surface area contributed by atoms with E-state index < -0.39 is 0 Å². The summed E-state index contributed by atoms with van der Waals surface area (Å²) < 4.78 is 0. The van der Waals surface area contributed by atoms with E-state index in [9.17, 15) is 9.90 Å². The second-order valence-corrected chi connectivity index (χ2v) is 8.97. The number of para-hydroxylation sites is 2. The van der Waals surface area contributed by atoms with E-state index in [0.29, 0.717) is 24.6 Å². The van der Waals surface area contributed by atoms with Gasteiger partial charge in [-0.05, 0) is 35.2 Å². The molecular weight excluding hydrogens is 356 g/mol. The van der Waals surface area contributed by atoms with Crippen LogP contribution in [0.15, 0.2) is 53.4 Å². The van der Waals surface area contributed by atoms with Crippen molar-refractivity contribution in [1.82, 2.24) is 4.90 Å². The van der Waals surface area contributed by atoms with Gasteiger partial charge in [0.05, 0.1) is 11.4 Å². The molecule has 1 fully saturated rings. The lowest BCUT2D eigenvalue weighted by atomic mass is 9.87. The Morgan fingerprint density at radius 2 is 1.63 bits per heavy atom. The summed E-state index contributed by atoms with van der Waals surface area (Å²) in [6.07, 6.45) is 0. The number of thioether (sulfide) groups is 1. The van der Waals surface area contributed by atoms with Gasteiger partial charge in [-0.1, -0.05) is 45.0 Å². The molecule has 27 heavy (non-hydrogen) atoms. The Bertz CT molecular complexity index is 776. The molecule has 5 heteroatoms. The van der Waals surface area contributed by atoms with Gasteiger partial charge in [0.2, 0.25) is 5.91 Å². The van der Waals surface area contributed by atoms with Crippen molar-refractivity contribution < 1.29 is 9.90 Å². The van der Waals surface area contributed by atoms with Crippen molar-refractivity contribution in [2.45, 2.75) is 31.1 Å². The van der Waals surface area contributed by atoms with Crippen molar-refractivity contribution in [2.24, 2.45) is 0 Å². The Hall–Kier alpha value is -2.14. The van der Waals surface area contributed by atoms with Gasteiger partial charge in [0.15, 0.2) is 0 Å². The molecule has 144 valence electrons. The highest BCUT2D eigenvalue weighted by Crippen LogP contribution is 2.28. The predicted octanol–water partition coefficient (Wildman–Crippen LogP) is 4.13. The molecule has 0 unspecified atom stereocenters. The van der Waals surface area contributed by atoms with Gasteiger partial charge in [0.1, 0.15) is 5.75 Å². The zero-order valence-corrected chi connectivity index (χ0v) is 17.1. The number of benzene rings is 2. The van der Waals surface area contributed by atoms with Crippen molar-refractivity contribution in [3.8, 4) is 5.75 Å². The maximum atomic E-state index is 12.5. The molecule has 0 radical (unpaired) electrons. The predicted molar refractivity (Wildman–Crippen MR) is 113 cm³/mol. The van der Waals surface area contributed by atoms with Crippen LogP contribution in [0.3, 0.4) is 0 Å². The van der Waals surface area contributed by atoms with Gasteiger partial charge in [-0.25, -0.2) is 0 Å². The van der Waals surface area contributed by atoms with Crippen LogP contribution in [0.1, 0.15) is 26.3 Å². The third-order valence-electron chi connectivity index (χ3n) is 4.94. The van der Waals surface area contributed by atoms with Gasteiger partial charge in [-0.15, -0.1) is 11.8 Å². The highest BCUT2D eigenvalue weighted by molar-refractivity contribution is 8.00. The normalized spacial score (nSPS) is 15.1. The van der Waals surface area contributed by atoms with Crippen LogP contribution in [-0.2, 0) is 10.2 Å². The van der Waals surface area contributed by atoms with Gasteiger partial charge < -0.3 is 14.9 Å². The minimum Gasteiger partial charge on any atom is -0.506 e. The molecule has 4 nitrogen and oxygen atoms in total. The van der Waals surface area contributed by atoms with Crippen molar-refractivity contribution in [3.05, 3.63) is 54.1 Å². The number of carbonyl (C=O) groups excluding carboxylic acids is 1. The summed E-state index contributed by atoms with van der Waals surface area (Å²) in [4.78, 5) is 17.7. The van der Waals surface area contributed by atoms with Crippen molar-refractivity contribution in [3.63, 3.8) is 0 Å². The molecule has 0 aliphatic carbocycles. The van der Waals surface area contributed by atoms with Gasteiger partial charge in [-0.3, -0.25) is 4.79 Å². The van der Waals surface area contributed by atoms with E-state index in [0.717, 1.165) is 23.7 Å². The Morgan fingerprint density at radius 1 is 1.00 bits per heavy atom. The Morgan fingerprint density at radius 3 is 2.22 bits per heavy atom. The van der Waals surface area contributed by atoms with Gasteiger partial charge in [0.25, 0.3) is 0 Å². The van der Waals surface area contributed by atoms with Crippen LogP contribution in [0.25, 0.3) is 0 Å². The molecule has 1 aliphatic heterocycles. The topological polar surface area (TPSA) is 43.8 Å². The minimum absolute atomic E-state index is 0.145. The molecule has 2 aromatic carbocycles. The van der Waals surface area contributed by atoms with Crippen LogP contribution in [0.4, 0.5) is 5.69 Å². The summed E-state index contributed by atoms with van der Waals surface area (Å²) in [5.41, 5.74) is 2.29. The molecule has 1 saturated heterocycles. The first-order valence-corrected chi connectivity index (χ1v) is 10.4. The quantitative estimate of drug-likeness (QED) is 0.805. The summed E-state index contributed by atoms with van der Waals surface area (Å²) in [6, 6.07) is 15.9. The van der Waals surface area contributed by atoms with E-state index in [4.69, 9.17) is 0 Å². The third-order valence-corrected chi connectivity index (χ3v) is 5.93. The molecule has 0 saturated carbocycles. The molecule has 1 N–H and O–H groups in total. The second kappa shape index (κ2) is 8.26. The number of piperazine rings is 1. The molecule has 0 bridgehead atoms. The van der Waals surface area contributed by atoms with Crippen LogP contribution < -0.4 is 4.90 Å². The number of hydrogen-bond acceptors (Lipinski definition) is 4. The number of anilines is 1. The van der Waals surface area contributed by atoms with Gasteiger partial charge in [0, 0.05) is 31.1 Å². The summed E-state index contributed by atoms with van der Waals surface area (Å²) in [6.45, 7) is 9.48. The summed E-state index contributed by atoms with van der Waals surface area (Å²) in [5.74, 6) is 0.939. The maximum absolute atomic E-state index is 12.5. The Kier molecular flexibility index (Phi) is 6.00. The first kappa shape index (κ1) is 19.6. The van der Waals surface area contributed by atoms with Crippen LogP contribution in [0, 0.1) is 0 Å². The number of amides is 1. The highest BCUT2D eigenvalue weighted by atomic mass is 32.2. The molecule has 1 aliphatic rings. The van der Waals surface area contributed by atoms with Crippen molar-refractivity contribution >= 4 is 23.4 Å². The second-order valence-electron chi connectivity index (χ2n) is 7.92. The van der Waals surface area contributed by atoms with Crippen LogP contribution >= 0.6 is 11.8 Å². The number of hydrogen-bond donors (Lipinski definition) is 1. The number of aromatic hydroxyl groups is 1.